The third kappa shape index (κ3) is 3.75. The molecule has 1 N–H and O–H groups in total. The van der Waals surface area contributed by atoms with Crippen molar-refractivity contribution in [3.05, 3.63) is 35.4 Å². The van der Waals surface area contributed by atoms with Gasteiger partial charge in [0.25, 0.3) is 0 Å². The second kappa shape index (κ2) is 6.17. The van der Waals surface area contributed by atoms with Crippen LogP contribution in [-0.2, 0) is 0 Å². The molecule has 112 valence electrons. The lowest BCUT2D eigenvalue weighted by Gasteiger charge is -2.33. The molecule has 0 aromatic heterocycles. The molecule has 3 unspecified atom stereocenters. The summed E-state index contributed by atoms with van der Waals surface area (Å²) in [6, 6.07) is 8.08. The van der Waals surface area contributed by atoms with Gasteiger partial charge in [0.1, 0.15) is 0 Å². The Morgan fingerprint density at radius 3 is 2.55 bits per heavy atom. The molecule has 0 amide bonds. The van der Waals surface area contributed by atoms with Gasteiger partial charge in [0.2, 0.25) is 0 Å². The van der Waals surface area contributed by atoms with E-state index in [1.807, 2.05) is 38.1 Å². The molecule has 0 saturated heterocycles. The van der Waals surface area contributed by atoms with Crippen molar-refractivity contribution in [3.63, 3.8) is 0 Å². The van der Waals surface area contributed by atoms with Crippen molar-refractivity contribution < 1.29 is 13.2 Å². The summed E-state index contributed by atoms with van der Waals surface area (Å²) in [4.78, 5) is 0. The highest BCUT2D eigenvalue weighted by Gasteiger charge is 2.42. The SMILES string of the molecule is Cc1ccccc1C(C)NC1CCCC(C(F)(F)F)C1. The number of hydrogen-bond donors (Lipinski definition) is 1. The van der Waals surface area contributed by atoms with E-state index in [9.17, 15) is 13.2 Å². The van der Waals surface area contributed by atoms with Gasteiger partial charge >= 0.3 is 6.18 Å². The zero-order chi connectivity index (χ0) is 14.8. The van der Waals surface area contributed by atoms with Crippen molar-refractivity contribution in [2.45, 2.75) is 57.8 Å². The average molecular weight is 285 g/mol. The van der Waals surface area contributed by atoms with Gasteiger partial charge in [-0.3, -0.25) is 0 Å². The highest BCUT2D eigenvalue weighted by Crippen LogP contribution is 2.38. The smallest absolute Gasteiger partial charge is 0.307 e. The zero-order valence-corrected chi connectivity index (χ0v) is 12.0. The number of rotatable bonds is 3. The molecule has 20 heavy (non-hydrogen) atoms. The lowest BCUT2D eigenvalue weighted by molar-refractivity contribution is -0.183. The number of alkyl halides is 3. The Balaban J connectivity index is 1.98. The van der Waals surface area contributed by atoms with Crippen molar-refractivity contribution in [2.24, 2.45) is 5.92 Å². The minimum Gasteiger partial charge on any atom is -0.307 e. The maximum absolute atomic E-state index is 12.8. The van der Waals surface area contributed by atoms with Crippen molar-refractivity contribution in [3.8, 4) is 0 Å². The Hall–Kier alpha value is -1.03. The number of aryl methyl sites for hydroxylation is 1. The first-order valence-electron chi connectivity index (χ1n) is 7.26. The van der Waals surface area contributed by atoms with Crippen LogP contribution in [0.1, 0.15) is 49.8 Å². The van der Waals surface area contributed by atoms with Crippen LogP contribution in [-0.4, -0.2) is 12.2 Å². The van der Waals surface area contributed by atoms with E-state index in [0.717, 1.165) is 6.42 Å². The number of benzene rings is 1. The quantitative estimate of drug-likeness (QED) is 0.843. The molecule has 0 heterocycles. The highest BCUT2D eigenvalue weighted by atomic mass is 19.4. The lowest BCUT2D eigenvalue weighted by Crippen LogP contribution is -2.39. The van der Waals surface area contributed by atoms with Crippen LogP contribution in [0.15, 0.2) is 24.3 Å². The molecule has 1 aromatic carbocycles. The first kappa shape index (κ1) is 15.4. The maximum atomic E-state index is 12.8. The largest absolute Gasteiger partial charge is 0.391 e. The van der Waals surface area contributed by atoms with E-state index >= 15 is 0 Å². The van der Waals surface area contributed by atoms with Gasteiger partial charge in [-0.05, 0) is 44.2 Å². The monoisotopic (exact) mass is 285 g/mol. The second-order valence-electron chi connectivity index (χ2n) is 5.85. The molecule has 4 heteroatoms. The van der Waals surface area contributed by atoms with Crippen molar-refractivity contribution in [2.75, 3.05) is 0 Å². The predicted octanol–water partition coefficient (Wildman–Crippen LogP) is 4.77. The second-order valence-corrected chi connectivity index (χ2v) is 5.85. The molecule has 1 aliphatic carbocycles. The van der Waals surface area contributed by atoms with E-state index in [4.69, 9.17) is 0 Å². The zero-order valence-electron chi connectivity index (χ0n) is 12.0. The van der Waals surface area contributed by atoms with Gasteiger partial charge in [-0.1, -0.05) is 30.7 Å². The molecule has 0 aliphatic heterocycles. The Bertz CT molecular complexity index is 442. The normalized spacial score (nSPS) is 25.4. The standard InChI is InChI=1S/C16H22F3N/c1-11-6-3-4-9-15(11)12(2)20-14-8-5-7-13(10-14)16(17,18)19/h3-4,6,9,12-14,20H,5,7-8,10H2,1-2H3. The van der Waals surface area contributed by atoms with Gasteiger partial charge in [0, 0.05) is 12.1 Å². The number of halogens is 3. The fourth-order valence-electron chi connectivity index (χ4n) is 3.15. The molecule has 0 bridgehead atoms. The molecular weight excluding hydrogens is 263 g/mol. The van der Waals surface area contributed by atoms with Crippen LogP contribution in [0.4, 0.5) is 13.2 Å². The van der Waals surface area contributed by atoms with Crippen LogP contribution in [0.3, 0.4) is 0 Å². The van der Waals surface area contributed by atoms with Gasteiger partial charge in [0.15, 0.2) is 0 Å². The molecule has 1 nitrogen and oxygen atoms in total. The van der Waals surface area contributed by atoms with E-state index in [2.05, 4.69) is 5.32 Å². The van der Waals surface area contributed by atoms with Crippen LogP contribution in [0.5, 0.6) is 0 Å². The Morgan fingerprint density at radius 2 is 1.90 bits per heavy atom. The van der Waals surface area contributed by atoms with Crippen LogP contribution >= 0.6 is 0 Å². The van der Waals surface area contributed by atoms with Gasteiger partial charge in [0.05, 0.1) is 5.92 Å². The minimum atomic E-state index is -4.05. The molecule has 3 atom stereocenters. The molecule has 1 saturated carbocycles. The minimum absolute atomic E-state index is 0.0371. The number of hydrogen-bond acceptors (Lipinski definition) is 1. The summed E-state index contributed by atoms with van der Waals surface area (Å²) in [5.41, 5.74) is 2.34. The highest BCUT2D eigenvalue weighted by molar-refractivity contribution is 5.28. The first-order valence-corrected chi connectivity index (χ1v) is 7.26. The van der Waals surface area contributed by atoms with E-state index in [-0.39, 0.29) is 24.9 Å². The summed E-state index contributed by atoms with van der Waals surface area (Å²) in [7, 11) is 0. The van der Waals surface area contributed by atoms with E-state index < -0.39 is 12.1 Å². The van der Waals surface area contributed by atoms with Gasteiger partial charge in [-0.25, -0.2) is 0 Å². The van der Waals surface area contributed by atoms with Crippen molar-refractivity contribution in [1.82, 2.24) is 5.32 Å². The van der Waals surface area contributed by atoms with E-state index in [0.29, 0.717) is 6.42 Å². The fraction of sp³-hybridized carbons (Fsp3) is 0.625. The Kier molecular flexibility index (Phi) is 4.74. The topological polar surface area (TPSA) is 12.0 Å². The summed E-state index contributed by atoms with van der Waals surface area (Å²) in [6.07, 6.45) is -2.07. The van der Waals surface area contributed by atoms with Gasteiger partial charge in [-0.15, -0.1) is 0 Å². The average Bonchev–Trinajstić information content (AvgIpc) is 2.38. The lowest BCUT2D eigenvalue weighted by atomic mass is 9.84. The first-order chi connectivity index (χ1) is 9.38. The van der Waals surface area contributed by atoms with E-state index in [1.165, 1.54) is 11.1 Å². The predicted molar refractivity (Wildman–Crippen MR) is 74.5 cm³/mol. The molecule has 0 spiro atoms. The van der Waals surface area contributed by atoms with Crippen LogP contribution in [0.25, 0.3) is 0 Å². The maximum Gasteiger partial charge on any atom is 0.391 e. The van der Waals surface area contributed by atoms with Crippen LogP contribution in [0, 0.1) is 12.8 Å². The number of nitrogens with one attached hydrogen (secondary N) is 1. The van der Waals surface area contributed by atoms with Crippen molar-refractivity contribution >= 4 is 0 Å². The molecule has 2 rings (SSSR count). The summed E-state index contributed by atoms with van der Waals surface area (Å²) in [6.45, 7) is 4.06. The molecule has 0 radical (unpaired) electrons. The van der Waals surface area contributed by atoms with Crippen LogP contribution < -0.4 is 5.32 Å². The van der Waals surface area contributed by atoms with Gasteiger partial charge < -0.3 is 5.32 Å². The fourth-order valence-corrected chi connectivity index (χ4v) is 3.15. The summed E-state index contributed by atoms with van der Waals surface area (Å²) in [5.74, 6) is -1.14. The Morgan fingerprint density at radius 1 is 1.20 bits per heavy atom. The molecular formula is C16H22F3N. The van der Waals surface area contributed by atoms with E-state index in [1.54, 1.807) is 0 Å². The van der Waals surface area contributed by atoms with Gasteiger partial charge in [-0.2, -0.15) is 13.2 Å². The molecule has 1 aliphatic rings. The summed E-state index contributed by atoms with van der Waals surface area (Å²) in [5, 5.41) is 3.38. The third-order valence-electron chi connectivity index (χ3n) is 4.28. The molecule has 1 aromatic rings. The molecule has 1 fully saturated rings. The summed E-state index contributed by atoms with van der Waals surface area (Å²) >= 11 is 0. The Labute approximate surface area is 118 Å². The van der Waals surface area contributed by atoms with Crippen LogP contribution in [0.2, 0.25) is 0 Å². The van der Waals surface area contributed by atoms with Crippen molar-refractivity contribution in [1.29, 1.82) is 0 Å². The summed E-state index contributed by atoms with van der Waals surface area (Å²) < 4.78 is 38.4. The third-order valence-corrected chi connectivity index (χ3v) is 4.28.